The summed E-state index contributed by atoms with van der Waals surface area (Å²) in [7, 11) is 0. The first kappa shape index (κ1) is 13.9. The predicted octanol–water partition coefficient (Wildman–Crippen LogP) is -2.00. The maximum absolute atomic E-state index is 11.8. The van der Waals surface area contributed by atoms with Gasteiger partial charge >= 0.3 is 5.69 Å². The third kappa shape index (κ3) is 2.35. The van der Waals surface area contributed by atoms with Crippen molar-refractivity contribution in [2.45, 2.75) is 37.9 Å². The highest BCUT2D eigenvalue weighted by atomic mass is 16.6. The summed E-state index contributed by atoms with van der Waals surface area (Å²) < 4.78 is 6.36. The van der Waals surface area contributed by atoms with Crippen LogP contribution in [0.1, 0.15) is 18.7 Å². The molecular formula is C11H17N3O5. The van der Waals surface area contributed by atoms with Crippen LogP contribution < -0.4 is 11.4 Å². The molecule has 0 aromatic carbocycles. The minimum absolute atomic E-state index is 0.135. The fraction of sp³-hybridized carbons (Fsp3) is 0.636. The standard InChI is InChI=1S/C11H17N3O5/c1-2-5-3-14(11(18)13-9(5)12)10-8(17)7(16)6(4-15)19-10/h3,6-8,10,15-17H,2,4H2,1H3,(H2,12,13,18)/t6-,7?,8?,10-/m1/s1. The van der Waals surface area contributed by atoms with Crippen LogP contribution in [0.2, 0.25) is 0 Å². The molecule has 5 N–H and O–H groups in total. The van der Waals surface area contributed by atoms with Crippen molar-refractivity contribution in [1.29, 1.82) is 0 Å². The second-order valence-corrected chi connectivity index (χ2v) is 4.42. The van der Waals surface area contributed by atoms with Crippen molar-refractivity contribution in [2.75, 3.05) is 12.3 Å². The van der Waals surface area contributed by atoms with Gasteiger partial charge in [-0.15, -0.1) is 0 Å². The highest BCUT2D eigenvalue weighted by molar-refractivity contribution is 5.36. The van der Waals surface area contributed by atoms with Crippen LogP contribution in [0.25, 0.3) is 0 Å². The zero-order valence-corrected chi connectivity index (χ0v) is 10.4. The minimum Gasteiger partial charge on any atom is -0.394 e. The fourth-order valence-electron chi connectivity index (χ4n) is 2.09. The Bertz CT molecular complexity index is 518. The number of aliphatic hydroxyl groups excluding tert-OH is 3. The van der Waals surface area contributed by atoms with Crippen LogP contribution in [-0.4, -0.2) is 49.8 Å². The van der Waals surface area contributed by atoms with Gasteiger partial charge in [-0.25, -0.2) is 4.79 Å². The first-order valence-electron chi connectivity index (χ1n) is 5.99. The van der Waals surface area contributed by atoms with Crippen molar-refractivity contribution >= 4 is 5.82 Å². The molecular weight excluding hydrogens is 254 g/mol. The van der Waals surface area contributed by atoms with Gasteiger partial charge in [-0.05, 0) is 6.42 Å². The monoisotopic (exact) mass is 271 g/mol. The SMILES string of the molecule is CCc1cn([C@@H]2O[C@H](CO)C(O)C2O)c(=O)nc1N. The van der Waals surface area contributed by atoms with Crippen LogP contribution in [0, 0.1) is 0 Å². The average Bonchev–Trinajstić information content (AvgIpc) is 2.67. The number of aliphatic hydroxyl groups is 3. The van der Waals surface area contributed by atoms with Crippen molar-refractivity contribution in [1.82, 2.24) is 9.55 Å². The lowest BCUT2D eigenvalue weighted by Gasteiger charge is -2.18. The number of nitrogens with two attached hydrogens (primary N) is 1. The Hall–Kier alpha value is -1.48. The zero-order valence-electron chi connectivity index (χ0n) is 10.4. The van der Waals surface area contributed by atoms with Gasteiger partial charge in [0.25, 0.3) is 0 Å². The Morgan fingerprint density at radius 3 is 2.68 bits per heavy atom. The molecule has 1 fully saturated rings. The molecule has 1 aliphatic heterocycles. The van der Waals surface area contributed by atoms with Crippen LogP contribution in [0.5, 0.6) is 0 Å². The lowest BCUT2D eigenvalue weighted by molar-refractivity contribution is -0.0550. The molecule has 0 radical (unpaired) electrons. The van der Waals surface area contributed by atoms with E-state index in [9.17, 15) is 15.0 Å². The second kappa shape index (κ2) is 5.25. The Morgan fingerprint density at radius 2 is 2.16 bits per heavy atom. The molecule has 2 rings (SSSR count). The van der Waals surface area contributed by atoms with Gasteiger partial charge in [-0.3, -0.25) is 4.57 Å². The molecule has 0 spiro atoms. The van der Waals surface area contributed by atoms with Crippen molar-refractivity contribution in [3.63, 3.8) is 0 Å². The molecule has 2 heterocycles. The fourth-order valence-corrected chi connectivity index (χ4v) is 2.09. The Kier molecular flexibility index (Phi) is 3.85. The number of aryl methyl sites for hydroxylation is 1. The van der Waals surface area contributed by atoms with E-state index in [1.165, 1.54) is 6.20 Å². The average molecular weight is 271 g/mol. The van der Waals surface area contributed by atoms with E-state index in [0.29, 0.717) is 12.0 Å². The Labute approximate surface area is 109 Å². The third-order valence-corrected chi connectivity index (χ3v) is 3.23. The summed E-state index contributed by atoms with van der Waals surface area (Å²) >= 11 is 0. The number of anilines is 1. The summed E-state index contributed by atoms with van der Waals surface area (Å²) in [5.41, 5.74) is 5.56. The van der Waals surface area contributed by atoms with Crippen LogP contribution in [0.3, 0.4) is 0 Å². The van der Waals surface area contributed by atoms with Gasteiger partial charge in [0.05, 0.1) is 6.61 Å². The maximum atomic E-state index is 11.8. The van der Waals surface area contributed by atoms with Gasteiger partial charge in [0.2, 0.25) is 0 Å². The van der Waals surface area contributed by atoms with Crippen LogP contribution in [0.4, 0.5) is 5.82 Å². The van der Waals surface area contributed by atoms with Crippen LogP contribution >= 0.6 is 0 Å². The number of hydrogen-bond donors (Lipinski definition) is 4. The highest BCUT2D eigenvalue weighted by Crippen LogP contribution is 2.28. The summed E-state index contributed by atoms with van der Waals surface area (Å²) in [5.74, 6) is 0.135. The zero-order chi connectivity index (χ0) is 14.2. The predicted molar refractivity (Wildman–Crippen MR) is 65.3 cm³/mol. The molecule has 8 nitrogen and oxygen atoms in total. The maximum Gasteiger partial charge on any atom is 0.351 e. The quantitative estimate of drug-likeness (QED) is 0.500. The lowest BCUT2D eigenvalue weighted by atomic mass is 10.1. The van der Waals surface area contributed by atoms with Gasteiger partial charge < -0.3 is 25.8 Å². The topological polar surface area (TPSA) is 131 Å². The molecule has 1 aromatic rings. The number of nitrogen functional groups attached to an aromatic ring is 1. The molecule has 19 heavy (non-hydrogen) atoms. The normalized spacial score (nSPS) is 30.7. The van der Waals surface area contributed by atoms with E-state index in [0.717, 1.165) is 4.57 Å². The first-order valence-corrected chi connectivity index (χ1v) is 5.99. The summed E-state index contributed by atoms with van der Waals surface area (Å²) in [6, 6.07) is 0. The van der Waals surface area contributed by atoms with Gasteiger partial charge in [0, 0.05) is 11.8 Å². The number of nitrogens with zero attached hydrogens (tertiary/aromatic N) is 2. The van der Waals surface area contributed by atoms with Gasteiger partial charge in [0.1, 0.15) is 24.1 Å². The first-order chi connectivity index (χ1) is 8.99. The van der Waals surface area contributed by atoms with E-state index in [2.05, 4.69) is 4.98 Å². The molecule has 1 aromatic heterocycles. The van der Waals surface area contributed by atoms with E-state index in [1.807, 2.05) is 6.92 Å². The van der Waals surface area contributed by atoms with Crippen molar-refractivity contribution in [2.24, 2.45) is 0 Å². The summed E-state index contributed by atoms with van der Waals surface area (Å²) in [4.78, 5) is 15.4. The Morgan fingerprint density at radius 1 is 1.47 bits per heavy atom. The second-order valence-electron chi connectivity index (χ2n) is 4.42. The number of rotatable bonds is 3. The molecule has 2 unspecified atom stereocenters. The molecule has 1 aliphatic rings. The summed E-state index contributed by atoms with van der Waals surface area (Å²) in [6.07, 6.45) is -2.58. The van der Waals surface area contributed by atoms with Crippen molar-refractivity contribution < 1.29 is 20.1 Å². The van der Waals surface area contributed by atoms with Gasteiger partial charge in [-0.2, -0.15) is 4.98 Å². The van der Waals surface area contributed by atoms with Gasteiger partial charge in [-0.1, -0.05) is 6.92 Å². The molecule has 106 valence electrons. The van der Waals surface area contributed by atoms with Crippen molar-refractivity contribution in [3.05, 3.63) is 22.2 Å². The largest absolute Gasteiger partial charge is 0.394 e. The molecule has 0 aliphatic carbocycles. The van der Waals surface area contributed by atoms with E-state index in [1.54, 1.807) is 0 Å². The number of hydrogen-bond acceptors (Lipinski definition) is 7. The highest BCUT2D eigenvalue weighted by Gasteiger charge is 2.43. The molecule has 4 atom stereocenters. The third-order valence-electron chi connectivity index (χ3n) is 3.23. The molecule has 8 heteroatoms. The van der Waals surface area contributed by atoms with E-state index < -0.39 is 36.8 Å². The summed E-state index contributed by atoms with van der Waals surface area (Å²) in [5, 5.41) is 28.5. The smallest absolute Gasteiger partial charge is 0.351 e. The Balaban J connectivity index is 2.40. The van der Waals surface area contributed by atoms with E-state index >= 15 is 0 Å². The van der Waals surface area contributed by atoms with Crippen molar-refractivity contribution in [3.8, 4) is 0 Å². The molecule has 0 saturated carbocycles. The van der Waals surface area contributed by atoms with E-state index in [-0.39, 0.29) is 5.82 Å². The number of aromatic nitrogens is 2. The number of ether oxygens (including phenoxy) is 1. The van der Waals surface area contributed by atoms with Crippen LogP contribution in [0.15, 0.2) is 11.0 Å². The molecule has 1 saturated heterocycles. The summed E-state index contributed by atoms with van der Waals surface area (Å²) in [6.45, 7) is 1.39. The van der Waals surface area contributed by atoms with E-state index in [4.69, 9.17) is 15.6 Å². The molecule has 0 bridgehead atoms. The van der Waals surface area contributed by atoms with Gasteiger partial charge in [0.15, 0.2) is 6.23 Å². The molecule has 0 amide bonds. The minimum atomic E-state index is -1.31. The lowest BCUT2D eigenvalue weighted by Crippen LogP contribution is -2.36. The van der Waals surface area contributed by atoms with Crippen LogP contribution in [-0.2, 0) is 11.2 Å².